The second-order valence-corrected chi connectivity index (χ2v) is 7.28. The molecule has 0 heterocycles. The predicted molar refractivity (Wildman–Crippen MR) is 81.1 cm³/mol. The molecule has 19 heavy (non-hydrogen) atoms. The van der Waals surface area contributed by atoms with E-state index in [2.05, 4.69) is 32.0 Å². The maximum absolute atomic E-state index is 9.67. The molecule has 0 aromatic carbocycles. The van der Waals surface area contributed by atoms with Crippen molar-refractivity contribution >= 4 is 0 Å². The Bertz CT molecular complexity index is 304. The summed E-state index contributed by atoms with van der Waals surface area (Å²) in [5, 5.41) is 9.67. The molecule has 110 valence electrons. The van der Waals surface area contributed by atoms with E-state index in [0.717, 1.165) is 18.8 Å². The molecule has 0 aromatic heterocycles. The fourth-order valence-electron chi connectivity index (χ4n) is 4.16. The monoisotopic (exact) mass is 265 g/mol. The van der Waals surface area contributed by atoms with Gasteiger partial charge in [-0.2, -0.15) is 0 Å². The summed E-state index contributed by atoms with van der Waals surface area (Å²) in [5.41, 5.74) is 0.500. The molecule has 1 fully saturated rings. The lowest BCUT2D eigenvalue weighted by Gasteiger charge is -2.46. The Labute approximate surface area is 118 Å². The van der Waals surface area contributed by atoms with Crippen LogP contribution in [0, 0.1) is 17.3 Å². The number of aliphatic hydroxyl groups excluding tert-OH is 1. The summed E-state index contributed by atoms with van der Waals surface area (Å²) in [7, 11) is 4.39. The van der Waals surface area contributed by atoms with Crippen molar-refractivity contribution in [3.05, 3.63) is 12.2 Å². The van der Waals surface area contributed by atoms with E-state index >= 15 is 0 Å². The van der Waals surface area contributed by atoms with Crippen LogP contribution in [0.5, 0.6) is 0 Å². The fraction of sp³-hybridized carbons (Fsp3) is 0.882. The van der Waals surface area contributed by atoms with Gasteiger partial charge in [-0.3, -0.25) is 0 Å². The summed E-state index contributed by atoms with van der Waals surface area (Å²) in [5.74, 6) is 1.40. The number of rotatable bonds is 4. The quantitative estimate of drug-likeness (QED) is 0.787. The van der Waals surface area contributed by atoms with Crippen LogP contribution in [0.1, 0.15) is 51.9 Å². The van der Waals surface area contributed by atoms with Crippen molar-refractivity contribution in [2.75, 3.05) is 20.6 Å². The molecule has 2 aliphatic carbocycles. The highest BCUT2D eigenvalue weighted by Gasteiger charge is 2.39. The zero-order chi connectivity index (χ0) is 13.9. The van der Waals surface area contributed by atoms with E-state index in [4.69, 9.17) is 0 Å². The van der Waals surface area contributed by atoms with Gasteiger partial charge in [0.1, 0.15) is 0 Å². The van der Waals surface area contributed by atoms with Crippen LogP contribution in [-0.4, -0.2) is 36.8 Å². The van der Waals surface area contributed by atoms with Gasteiger partial charge in [-0.15, -0.1) is 0 Å². The van der Waals surface area contributed by atoms with Crippen molar-refractivity contribution in [3.8, 4) is 0 Å². The van der Waals surface area contributed by atoms with Crippen molar-refractivity contribution in [1.29, 1.82) is 0 Å². The molecular weight excluding hydrogens is 234 g/mol. The minimum absolute atomic E-state index is 0.199. The smallest absolute Gasteiger partial charge is 0.0721 e. The van der Waals surface area contributed by atoms with E-state index in [1.807, 2.05) is 6.08 Å². The summed E-state index contributed by atoms with van der Waals surface area (Å²) in [6.07, 6.45) is 13.2. The van der Waals surface area contributed by atoms with Gasteiger partial charge in [0.2, 0.25) is 0 Å². The highest BCUT2D eigenvalue weighted by Crippen LogP contribution is 2.47. The summed E-state index contributed by atoms with van der Waals surface area (Å²) >= 11 is 0. The Balaban J connectivity index is 2.12. The first-order chi connectivity index (χ1) is 9.01. The lowest BCUT2D eigenvalue weighted by atomic mass is 9.61. The van der Waals surface area contributed by atoms with Crippen LogP contribution in [0.15, 0.2) is 12.2 Å². The van der Waals surface area contributed by atoms with Crippen LogP contribution < -0.4 is 0 Å². The van der Waals surface area contributed by atoms with E-state index in [1.54, 1.807) is 0 Å². The van der Waals surface area contributed by atoms with Gasteiger partial charge in [-0.05, 0) is 57.0 Å². The molecule has 2 aliphatic rings. The third-order valence-corrected chi connectivity index (χ3v) is 5.35. The standard InChI is InChI=1S/C17H31NO/c1-17(11-5-4-6-12-17)16(13-18(2)3)14-7-9-15(19)10-8-14/h7,9,14-16,19H,4-6,8,10-13H2,1-3H3. The Hall–Kier alpha value is -0.340. The van der Waals surface area contributed by atoms with Gasteiger partial charge in [0, 0.05) is 6.54 Å². The Morgan fingerprint density at radius 2 is 1.84 bits per heavy atom. The molecule has 0 bridgehead atoms. The van der Waals surface area contributed by atoms with Gasteiger partial charge in [0.15, 0.2) is 0 Å². The summed E-state index contributed by atoms with van der Waals surface area (Å²) in [6.45, 7) is 3.70. The van der Waals surface area contributed by atoms with Crippen LogP contribution in [-0.2, 0) is 0 Å². The van der Waals surface area contributed by atoms with Crippen LogP contribution in [0.4, 0.5) is 0 Å². The van der Waals surface area contributed by atoms with Crippen molar-refractivity contribution in [2.45, 2.75) is 58.0 Å². The number of hydrogen-bond donors (Lipinski definition) is 1. The Kier molecular flexibility index (Phi) is 5.08. The first kappa shape index (κ1) is 15.1. The molecule has 2 heteroatoms. The molecule has 0 aliphatic heterocycles. The zero-order valence-corrected chi connectivity index (χ0v) is 12.9. The van der Waals surface area contributed by atoms with Gasteiger partial charge in [-0.1, -0.05) is 38.3 Å². The zero-order valence-electron chi connectivity index (χ0n) is 12.9. The van der Waals surface area contributed by atoms with E-state index in [9.17, 15) is 5.11 Å². The van der Waals surface area contributed by atoms with E-state index < -0.39 is 0 Å². The van der Waals surface area contributed by atoms with Gasteiger partial charge < -0.3 is 10.0 Å². The Morgan fingerprint density at radius 3 is 2.37 bits per heavy atom. The van der Waals surface area contributed by atoms with Crippen molar-refractivity contribution in [1.82, 2.24) is 4.90 Å². The molecule has 3 atom stereocenters. The molecule has 1 saturated carbocycles. The van der Waals surface area contributed by atoms with E-state index in [0.29, 0.717) is 11.3 Å². The molecule has 0 saturated heterocycles. The summed E-state index contributed by atoms with van der Waals surface area (Å²) < 4.78 is 0. The molecule has 2 nitrogen and oxygen atoms in total. The van der Waals surface area contributed by atoms with Crippen molar-refractivity contribution < 1.29 is 5.11 Å². The van der Waals surface area contributed by atoms with E-state index in [-0.39, 0.29) is 6.10 Å². The van der Waals surface area contributed by atoms with Gasteiger partial charge in [0.25, 0.3) is 0 Å². The van der Waals surface area contributed by atoms with Crippen molar-refractivity contribution in [3.63, 3.8) is 0 Å². The maximum Gasteiger partial charge on any atom is 0.0721 e. The topological polar surface area (TPSA) is 23.5 Å². The van der Waals surface area contributed by atoms with Crippen LogP contribution in [0.2, 0.25) is 0 Å². The minimum atomic E-state index is -0.199. The average Bonchev–Trinajstić information content (AvgIpc) is 2.38. The highest BCUT2D eigenvalue weighted by atomic mass is 16.3. The molecule has 3 unspecified atom stereocenters. The number of aliphatic hydroxyl groups is 1. The van der Waals surface area contributed by atoms with Gasteiger partial charge >= 0.3 is 0 Å². The average molecular weight is 265 g/mol. The summed E-state index contributed by atoms with van der Waals surface area (Å²) in [6, 6.07) is 0. The first-order valence-corrected chi connectivity index (χ1v) is 8.02. The molecule has 2 rings (SSSR count). The van der Waals surface area contributed by atoms with Gasteiger partial charge in [0.05, 0.1) is 6.10 Å². The molecule has 0 radical (unpaired) electrons. The SMILES string of the molecule is CN(C)CC(C1C=CC(O)CC1)C1(C)CCCCC1. The van der Waals surface area contributed by atoms with Gasteiger partial charge in [-0.25, -0.2) is 0 Å². The normalized spacial score (nSPS) is 32.5. The summed E-state index contributed by atoms with van der Waals surface area (Å²) in [4.78, 5) is 2.35. The second-order valence-electron chi connectivity index (χ2n) is 7.28. The Morgan fingerprint density at radius 1 is 1.16 bits per heavy atom. The lowest BCUT2D eigenvalue weighted by molar-refractivity contribution is 0.0535. The van der Waals surface area contributed by atoms with Crippen LogP contribution >= 0.6 is 0 Å². The third-order valence-electron chi connectivity index (χ3n) is 5.35. The number of allylic oxidation sites excluding steroid dienone is 1. The van der Waals surface area contributed by atoms with E-state index in [1.165, 1.54) is 38.6 Å². The largest absolute Gasteiger partial charge is 0.389 e. The minimum Gasteiger partial charge on any atom is -0.389 e. The van der Waals surface area contributed by atoms with Crippen molar-refractivity contribution in [2.24, 2.45) is 17.3 Å². The molecule has 0 spiro atoms. The second kappa shape index (κ2) is 6.41. The lowest BCUT2D eigenvalue weighted by Crippen LogP contribution is -2.41. The highest BCUT2D eigenvalue weighted by molar-refractivity contribution is 5.04. The third kappa shape index (κ3) is 3.82. The number of nitrogens with zero attached hydrogens (tertiary/aromatic N) is 1. The molecular formula is C17H31NO. The number of hydrogen-bond acceptors (Lipinski definition) is 2. The predicted octanol–water partition coefficient (Wildman–Crippen LogP) is 3.46. The fourth-order valence-corrected chi connectivity index (χ4v) is 4.16. The molecule has 0 aromatic rings. The van der Waals surface area contributed by atoms with Crippen LogP contribution in [0.25, 0.3) is 0 Å². The molecule has 0 amide bonds. The van der Waals surface area contributed by atoms with Crippen LogP contribution in [0.3, 0.4) is 0 Å². The first-order valence-electron chi connectivity index (χ1n) is 8.02. The maximum atomic E-state index is 9.67. The molecule has 1 N–H and O–H groups in total.